The lowest BCUT2D eigenvalue weighted by molar-refractivity contribution is -0.771. The van der Waals surface area contributed by atoms with E-state index in [0.29, 0.717) is 5.56 Å². The molecule has 1 aliphatic rings. The summed E-state index contributed by atoms with van der Waals surface area (Å²) >= 11 is 0. The van der Waals surface area contributed by atoms with Crippen molar-refractivity contribution in [1.82, 2.24) is 4.98 Å². The lowest BCUT2D eigenvalue weighted by atomic mass is 10.2. The standard InChI is InChI=1S/C16H16N4O8/c17-12-5-6-19(15(21)18-12)13-8-25-14(28-13)9-27-16(22)26-7-10-1-3-11(4-2-10)20(23)24/h1-6,13-14H,7-9H2,(H2,17,18,21)/p+1/t13-,14-/m0/s1. The fourth-order valence-corrected chi connectivity index (χ4v) is 2.40. The fourth-order valence-electron chi connectivity index (χ4n) is 2.40. The molecule has 3 rings (SSSR count). The highest BCUT2D eigenvalue weighted by Gasteiger charge is 2.33. The summed E-state index contributed by atoms with van der Waals surface area (Å²) in [4.78, 5) is 36.0. The number of ether oxygens (including phenoxy) is 4. The average molecular weight is 393 g/mol. The van der Waals surface area contributed by atoms with Gasteiger partial charge in [-0.1, -0.05) is 0 Å². The number of nitrogens with zero attached hydrogens (tertiary/aromatic N) is 2. The lowest BCUT2D eigenvalue weighted by Gasteiger charge is -2.11. The van der Waals surface area contributed by atoms with Gasteiger partial charge in [0.15, 0.2) is 12.1 Å². The Morgan fingerprint density at radius 3 is 2.75 bits per heavy atom. The summed E-state index contributed by atoms with van der Waals surface area (Å²) in [5.74, 6) is 0.218. The smallest absolute Gasteiger partial charge is 0.429 e. The first-order valence-electron chi connectivity index (χ1n) is 8.12. The lowest BCUT2D eigenvalue weighted by Crippen LogP contribution is -2.55. The number of H-pyrrole nitrogens is 1. The maximum atomic E-state index is 11.8. The number of aromatic amines is 1. The number of carbonyl (C=O) groups excluding carboxylic acids is 1. The summed E-state index contributed by atoms with van der Waals surface area (Å²) in [6.07, 6.45) is -1.04. The van der Waals surface area contributed by atoms with Gasteiger partial charge in [-0.05, 0) is 17.7 Å². The molecular formula is C16H17N4O8+. The minimum absolute atomic E-state index is 0.0609. The Labute approximate surface area is 157 Å². The Bertz CT molecular complexity index is 914. The van der Waals surface area contributed by atoms with Crippen LogP contribution < -0.4 is 16.0 Å². The second-order valence-corrected chi connectivity index (χ2v) is 5.74. The highest BCUT2D eigenvalue weighted by Crippen LogP contribution is 2.16. The number of rotatable bonds is 6. The monoisotopic (exact) mass is 393 g/mol. The van der Waals surface area contributed by atoms with Gasteiger partial charge in [0.25, 0.3) is 5.69 Å². The molecule has 0 aliphatic carbocycles. The number of nitro benzene ring substituents is 1. The van der Waals surface area contributed by atoms with E-state index < -0.39 is 29.3 Å². The fraction of sp³-hybridized carbons (Fsp3) is 0.312. The maximum absolute atomic E-state index is 11.8. The molecule has 28 heavy (non-hydrogen) atoms. The Morgan fingerprint density at radius 2 is 2.07 bits per heavy atom. The van der Waals surface area contributed by atoms with Crippen LogP contribution in [0.2, 0.25) is 0 Å². The molecule has 1 saturated heterocycles. The van der Waals surface area contributed by atoms with Crippen LogP contribution in [-0.2, 0) is 25.6 Å². The van der Waals surface area contributed by atoms with Gasteiger partial charge in [-0.2, -0.15) is 14.3 Å². The third kappa shape index (κ3) is 4.81. The van der Waals surface area contributed by atoms with E-state index in [9.17, 15) is 19.7 Å². The topological polar surface area (TPSA) is 160 Å². The number of aromatic nitrogens is 2. The van der Waals surface area contributed by atoms with E-state index in [-0.39, 0.29) is 31.3 Å². The molecule has 0 unspecified atom stereocenters. The normalized spacial score (nSPS) is 18.6. The summed E-state index contributed by atoms with van der Waals surface area (Å²) in [5, 5.41) is 10.6. The van der Waals surface area contributed by atoms with Crippen molar-refractivity contribution in [3.8, 4) is 0 Å². The summed E-state index contributed by atoms with van der Waals surface area (Å²) in [6.45, 7) is -0.255. The molecule has 0 saturated carbocycles. The number of benzene rings is 1. The number of nitrogens with one attached hydrogen (secondary N) is 1. The molecule has 1 aliphatic heterocycles. The van der Waals surface area contributed by atoms with E-state index in [1.54, 1.807) is 0 Å². The third-order valence-electron chi connectivity index (χ3n) is 3.79. The zero-order valence-electron chi connectivity index (χ0n) is 14.5. The van der Waals surface area contributed by atoms with E-state index >= 15 is 0 Å². The summed E-state index contributed by atoms with van der Waals surface area (Å²) < 4.78 is 21.9. The van der Waals surface area contributed by atoms with Gasteiger partial charge in [0.05, 0.1) is 4.92 Å². The summed E-state index contributed by atoms with van der Waals surface area (Å²) in [5.41, 5.74) is 5.53. The van der Waals surface area contributed by atoms with Crippen molar-refractivity contribution in [2.24, 2.45) is 0 Å². The molecule has 3 N–H and O–H groups in total. The van der Waals surface area contributed by atoms with Crippen molar-refractivity contribution in [3.05, 3.63) is 62.7 Å². The van der Waals surface area contributed by atoms with Gasteiger partial charge < -0.3 is 24.7 Å². The van der Waals surface area contributed by atoms with Crippen LogP contribution in [0.25, 0.3) is 0 Å². The molecule has 2 atom stereocenters. The largest absolute Gasteiger partial charge is 0.508 e. The Balaban J connectivity index is 1.42. The minimum Gasteiger partial charge on any atom is -0.429 e. The van der Waals surface area contributed by atoms with E-state index in [2.05, 4.69) is 4.98 Å². The second kappa shape index (κ2) is 8.45. The first-order valence-corrected chi connectivity index (χ1v) is 8.12. The second-order valence-electron chi connectivity index (χ2n) is 5.74. The van der Waals surface area contributed by atoms with Crippen molar-refractivity contribution >= 4 is 17.7 Å². The van der Waals surface area contributed by atoms with Crippen molar-refractivity contribution in [2.75, 3.05) is 18.9 Å². The number of carbonyl (C=O) groups is 1. The first kappa shape index (κ1) is 19.3. The van der Waals surface area contributed by atoms with Crippen LogP contribution in [0, 0.1) is 10.1 Å². The van der Waals surface area contributed by atoms with Crippen LogP contribution in [-0.4, -0.2) is 35.6 Å². The van der Waals surface area contributed by atoms with Gasteiger partial charge in [-0.25, -0.2) is 4.79 Å². The van der Waals surface area contributed by atoms with E-state index in [1.165, 1.54) is 41.1 Å². The Morgan fingerprint density at radius 1 is 1.32 bits per heavy atom. The van der Waals surface area contributed by atoms with Gasteiger partial charge in [-0.3, -0.25) is 10.1 Å². The van der Waals surface area contributed by atoms with Crippen LogP contribution in [0.5, 0.6) is 0 Å². The van der Waals surface area contributed by atoms with Gasteiger partial charge in [0, 0.05) is 18.2 Å². The quantitative estimate of drug-likeness (QED) is 0.306. The molecule has 12 nitrogen and oxygen atoms in total. The SMILES string of the molecule is Nc1cc[n+]([C@@H]2CO[C@H](COC(=O)OCc3ccc([N+](=O)[O-])cc3)O2)c(=O)[nH]1. The number of anilines is 1. The molecule has 1 aromatic heterocycles. The molecule has 2 aromatic rings. The van der Waals surface area contributed by atoms with E-state index in [4.69, 9.17) is 24.7 Å². The number of non-ortho nitro benzene ring substituents is 1. The highest BCUT2D eigenvalue weighted by atomic mass is 16.8. The van der Waals surface area contributed by atoms with E-state index in [0.717, 1.165) is 0 Å². The van der Waals surface area contributed by atoms with Gasteiger partial charge in [0.2, 0.25) is 6.23 Å². The predicted octanol–water partition coefficient (Wildman–Crippen LogP) is 0.378. The minimum atomic E-state index is -0.952. The zero-order chi connectivity index (χ0) is 20.1. The van der Waals surface area contributed by atoms with Crippen molar-refractivity contribution in [3.63, 3.8) is 0 Å². The number of nitrogen functional groups attached to an aromatic ring is 1. The molecule has 0 radical (unpaired) electrons. The number of nitrogens with two attached hydrogens (primary N) is 1. The van der Waals surface area contributed by atoms with Gasteiger partial charge >= 0.3 is 11.8 Å². The molecule has 0 bridgehead atoms. The number of hydrogen-bond acceptors (Lipinski definition) is 9. The van der Waals surface area contributed by atoms with Crippen molar-refractivity contribution in [2.45, 2.75) is 19.1 Å². The zero-order valence-corrected chi connectivity index (χ0v) is 14.5. The first-order chi connectivity index (χ1) is 13.4. The molecule has 2 heterocycles. The molecule has 1 fully saturated rings. The van der Waals surface area contributed by atoms with Crippen molar-refractivity contribution < 1.29 is 33.2 Å². The Kier molecular flexibility index (Phi) is 5.81. The maximum Gasteiger partial charge on any atom is 0.508 e. The Hall–Kier alpha value is -3.51. The average Bonchev–Trinajstić information content (AvgIpc) is 3.13. The summed E-state index contributed by atoms with van der Waals surface area (Å²) in [6, 6.07) is 7.06. The molecular weight excluding hydrogens is 376 g/mol. The molecule has 148 valence electrons. The molecule has 0 spiro atoms. The van der Waals surface area contributed by atoms with Crippen LogP contribution >= 0.6 is 0 Å². The van der Waals surface area contributed by atoms with Crippen LogP contribution in [0.3, 0.4) is 0 Å². The van der Waals surface area contributed by atoms with Crippen molar-refractivity contribution in [1.29, 1.82) is 0 Å². The molecule has 12 heteroatoms. The molecule has 1 aromatic carbocycles. The van der Waals surface area contributed by atoms with Gasteiger partial charge in [0.1, 0.15) is 26.0 Å². The number of nitro groups is 1. The van der Waals surface area contributed by atoms with Crippen LogP contribution in [0.15, 0.2) is 41.3 Å². The molecule has 0 amide bonds. The van der Waals surface area contributed by atoms with E-state index in [1.807, 2.05) is 0 Å². The van der Waals surface area contributed by atoms with Crippen LogP contribution in [0.1, 0.15) is 11.8 Å². The third-order valence-corrected chi connectivity index (χ3v) is 3.79. The summed E-state index contributed by atoms with van der Waals surface area (Å²) in [7, 11) is 0. The highest BCUT2D eigenvalue weighted by molar-refractivity contribution is 5.59. The van der Waals surface area contributed by atoms with Gasteiger partial charge in [-0.15, -0.1) is 0 Å². The predicted molar refractivity (Wildman–Crippen MR) is 90.8 cm³/mol. The number of hydrogen-bond donors (Lipinski definition) is 2. The van der Waals surface area contributed by atoms with Crippen LogP contribution in [0.4, 0.5) is 16.3 Å².